The number of rotatable bonds is 1. The Hall–Kier alpha value is -3.31. The van der Waals surface area contributed by atoms with Crippen LogP contribution in [0.2, 0.25) is 0 Å². The molecule has 2 heterocycles. The number of carbonyl (C=O) groups excluding carboxylic acids is 1. The molecule has 0 saturated carbocycles. The molecule has 162 valence electrons. The van der Waals surface area contributed by atoms with Crippen LogP contribution in [0.15, 0.2) is 34.8 Å². The van der Waals surface area contributed by atoms with E-state index in [1.165, 1.54) is 4.90 Å². The SMILES string of the molecule is CC1(C)c2cc(N3CCN(C(=O)O)CC3)c(Br)cc2C(=O)c2c1[nH]c1cc(C#N)ccc21. The van der Waals surface area contributed by atoms with Crippen LogP contribution in [0.3, 0.4) is 0 Å². The summed E-state index contributed by atoms with van der Waals surface area (Å²) < 4.78 is 0.819. The molecular formula is C24H21BrN4O3. The van der Waals surface area contributed by atoms with E-state index >= 15 is 0 Å². The molecule has 0 radical (unpaired) electrons. The number of carbonyl (C=O) groups is 2. The van der Waals surface area contributed by atoms with Crippen LogP contribution in [0.25, 0.3) is 10.9 Å². The van der Waals surface area contributed by atoms with Crippen LogP contribution in [0.4, 0.5) is 10.5 Å². The molecule has 5 rings (SSSR count). The number of nitriles is 1. The Morgan fingerprint density at radius 3 is 2.56 bits per heavy atom. The number of nitrogens with one attached hydrogen (secondary N) is 1. The van der Waals surface area contributed by atoms with E-state index in [1.54, 1.807) is 12.1 Å². The van der Waals surface area contributed by atoms with Crippen molar-refractivity contribution in [2.75, 3.05) is 31.1 Å². The van der Waals surface area contributed by atoms with Gasteiger partial charge < -0.3 is 19.9 Å². The summed E-state index contributed by atoms with van der Waals surface area (Å²) in [6.07, 6.45) is -0.896. The van der Waals surface area contributed by atoms with Crippen LogP contribution in [0, 0.1) is 11.3 Å². The van der Waals surface area contributed by atoms with Crippen molar-refractivity contribution in [3.63, 3.8) is 0 Å². The van der Waals surface area contributed by atoms with E-state index in [2.05, 4.69) is 51.8 Å². The van der Waals surface area contributed by atoms with E-state index in [-0.39, 0.29) is 5.78 Å². The van der Waals surface area contributed by atoms with Crippen molar-refractivity contribution < 1.29 is 14.7 Å². The highest BCUT2D eigenvalue weighted by Gasteiger charge is 2.40. The fourth-order valence-corrected chi connectivity index (χ4v) is 5.48. The zero-order valence-corrected chi connectivity index (χ0v) is 19.3. The number of benzene rings is 2. The lowest BCUT2D eigenvalue weighted by Gasteiger charge is -2.37. The molecule has 3 aromatic rings. The molecule has 0 unspecified atom stereocenters. The maximum absolute atomic E-state index is 13.6. The summed E-state index contributed by atoms with van der Waals surface area (Å²) in [5, 5.41) is 19.3. The van der Waals surface area contributed by atoms with Crippen LogP contribution in [-0.2, 0) is 5.41 Å². The van der Waals surface area contributed by atoms with Gasteiger partial charge >= 0.3 is 6.09 Å². The maximum atomic E-state index is 13.6. The summed E-state index contributed by atoms with van der Waals surface area (Å²) >= 11 is 3.65. The highest BCUT2D eigenvalue weighted by molar-refractivity contribution is 9.10. The van der Waals surface area contributed by atoms with Gasteiger partial charge in [-0.15, -0.1) is 0 Å². The molecule has 2 aliphatic rings. The van der Waals surface area contributed by atoms with Gasteiger partial charge in [0.1, 0.15) is 0 Å². The van der Waals surface area contributed by atoms with Crippen LogP contribution in [0.1, 0.15) is 46.6 Å². The number of amides is 1. The first-order chi connectivity index (χ1) is 15.2. The standard InChI is InChI=1S/C24H21BrN4O3/c1-24(2)16-11-19(28-5-7-29(8-6-28)23(31)32)17(25)10-15(16)21(30)20-14-4-3-13(12-26)9-18(14)27-22(20)24/h3-4,9-11,27H,5-8H2,1-2H3,(H,31,32). The van der Waals surface area contributed by atoms with E-state index in [0.29, 0.717) is 42.9 Å². The Bertz CT molecular complexity index is 1340. The smallest absolute Gasteiger partial charge is 0.407 e. The minimum absolute atomic E-state index is 0.0340. The van der Waals surface area contributed by atoms with E-state index in [9.17, 15) is 20.0 Å². The van der Waals surface area contributed by atoms with Crippen LogP contribution in [-0.4, -0.2) is 53.0 Å². The van der Waals surface area contributed by atoms with E-state index in [1.807, 2.05) is 12.1 Å². The molecule has 1 fully saturated rings. The summed E-state index contributed by atoms with van der Waals surface area (Å²) in [6, 6.07) is 11.5. The van der Waals surface area contributed by atoms with Crippen LogP contribution < -0.4 is 4.90 Å². The Morgan fingerprint density at radius 2 is 1.91 bits per heavy atom. The molecule has 1 aliphatic carbocycles. The molecule has 0 bridgehead atoms. The zero-order chi connectivity index (χ0) is 22.8. The van der Waals surface area contributed by atoms with Gasteiger partial charge in [-0.05, 0) is 45.8 Å². The summed E-state index contributed by atoms with van der Waals surface area (Å²) in [4.78, 5) is 31.8. The number of nitrogens with zero attached hydrogens (tertiary/aromatic N) is 3. The van der Waals surface area contributed by atoms with Gasteiger partial charge in [0.2, 0.25) is 0 Å². The molecule has 1 saturated heterocycles. The maximum Gasteiger partial charge on any atom is 0.407 e. The molecular weight excluding hydrogens is 472 g/mol. The van der Waals surface area contributed by atoms with Crippen LogP contribution in [0.5, 0.6) is 0 Å². The highest BCUT2D eigenvalue weighted by Crippen LogP contribution is 2.46. The fourth-order valence-electron chi connectivity index (χ4n) is 4.89. The number of halogens is 1. The molecule has 0 atom stereocenters. The molecule has 1 amide bonds. The molecule has 1 aliphatic heterocycles. The van der Waals surface area contributed by atoms with Gasteiger partial charge in [-0.1, -0.05) is 19.9 Å². The Labute approximate surface area is 193 Å². The molecule has 7 nitrogen and oxygen atoms in total. The number of fused-ring (bicyclic) bond motifs is 4. The third kappa shape index (κ3) is 2.92. The van der Waals surface area contributed by atoms with Crippen molar-refractivity contribution in [3.8, 4) is 6.07 Å². The van der Waals surface area contributed by atoms with Gasteiger partial charge in [0.15, 0.2) is 5.78 Å². The second kappa shape index (κ2) is 7.10. The lowest BCUT2D eigenvalue weighted by Crippen LogP contribution is -2.48. The van der Waals surface area contributed by atoms with Crippen molar-refractivity contribution >= 4 is 44.4 Å². The number of carboxylic acid groups (broad SMARTS) is 1. The summed E-state index contributed by atoms with van der Waals surface area (Å²) in [7, 11) is 0. The Kier molecular flexibility index (Phi) is 4.57. The second-order valence-electron chi connectivity index (χ2n) is 8.81. The first-order valence-corrected chi connectivity index (χ1v) is 11.2. The molecule has 8 heteroatoms. The molecule has 1 aromatic heterocycles. The molecule has 0 spiro atoms. The van der Waals surface area contributed by atoms with Crippen molar-refractivity contribution in [2.45, 2.75) is 19.3 Å². The summed E-state index contributed by atoms with van der Waals surface area (Å²) in [6.45, 7) is 6.25. The first kappa shape index (κ1) is 20.6. The number of hydrogen-bond donors (Lipinski definition) is 2. The predicted molar refractivity (Wildman–Crippen MR) is 125 cm³/mol. The minimum Gasteiger partial charge on any atom is -0.465 e. The van der Waals surface area contributed by atoms with Gasteiger partial charge in [-0.2, -0.15) is 5.26 Å². The molecule has 2 aromatic carbocycles. The summed E-state index contributed by atoms with van der Waals surface area (Å²) in [5.41, 5.74) is 4.94. The van der Waals surface area contributed by atoms with Gasteiger partial charge in [0.25, 0.3) is 0 Å². The quantitative estimate of drug-likeness (QED) is 0.521. The highest BCUT2D eigenvalue weighted by atomic mass is 79.9. The lowest BCUT2D eigenvalue weighted by molar-refractivity contribution is 0.103. The van der Waals surface area contributed by atoms with Gasteiger partial charge in [-0.3, -0.25) is 4.79 Å². The lowest BCUT2D eigenvalue weighted by atomic mass is 9.71. The van der Waals surface area contributed by atoms with Crippen LogP contribution >= 0.6 is 15.9 Å². The third-order valence-corrected chi connectivity index (χ3v) is 7.31. The molecule has 32 heavy (non-hydrogen) atoms. The topological polar surface area (TPSA) is 100 Å². The van der Waals surface area contributed by atoms with Crippen molar-refractivity contribution in [2.24, 2.45) is 0 Å². The number of anilines is 1. The second-order valence-corrected chi connectivity index (χ2v) is 9.66. The fraction of sp³-hybridized carbons (Fsp3) is 0.292. The van der Waals surface area contributed by atoms with Gasteiger partial charge in [0, 0.05) is 58.2 Å². The normalized spacial score (nSPS) is 17.1. The first-order valence-electron chi connectivity index (χ1n) is 10.4. The Balaban J connectivity index is 1.61. The number of aromatic nitrogens is 1. The third-order valence-electron chi connectivity index (χ3n) is 6.68. The summed E-state index contributed by atoms with van der Waals surface area (Å²) in [5.74, 6) is -0.0340. The zero-order valence-electron chi connectivity index (χ0n) is 17.7. The average Bonchev–Trinajstić information content (AvgIpc) is 3.17. The average molecular weight is 493 g/mol. The van der Waals surface area contributed by atoms with Gasteiger partial charge in [0.05, 0.1) is 22.9 Å². The predicted octanol–water partition coefficient (Wildman–Crippen LogP) is 4.47. The number of ketones is 1. The van der Waals surface area contributed by atoms with Crippen molar-refractivity contribution in [3.05, 3.63) is 62.8 Å². The number of piperazine rings is 1. The largest absolute Gasteiger partial charge is 0.465 e. The van der Waals surface area contributed by atoms with Crippen molar-refractivity contribution in [1.29, 1.82) is 5.26 Å². The van der Waals surface area contributed by atoms with Gasteiger partial charge in [-0.25, -0.2) is 4.79 Å². The molecule has 2 N–H and O–H groups in total. The number of aromatic amines is 1. The van der Waals surface area contributed by atoms with E-state index in [4.69, 9.17) is 0 Å². The Morgan fingerprint density at radius 1 is 1.19 bits per heavy atom. The number of H-pyrrole nitrogens is 1. The van der Waals surface area contributed by atoms with Crippen molar-refractivity contribution in [1.82, 2.24) is 9.88 Å². The van der Waals surface area contributed by atoms with E-state index in [0.717, 1.165) is 32.3 Å². The van der Waals surface area contributed by atoms with E-state index < -0.39 is 11.5 Å². The minimum atomic E-state index is -0.896. The number of hydrogen-bond acceptors (Lipinski definition) is 4. The monoisotopic (exact) mass is 492 g/mol.